The molecule has 0 spiro atoms. The highest BCUT2D eigenvalue weighted by Crippen LogP contribution is 2.18. The summed E-state index contributed by atoms with van der Waals surface area (Å²) in [7, 11) is 0. The Balaban J connectivity index is 3.07. The van der Waals surface area contributed by atoms with Crippen molar-refractivity contribution in [2.45, 2.75) is 13.5 Å². The fourth-order valence-corrected chi connectivity index (χ4v) is 1.11. The number of hydrogen-bond acceptors (Lipinski definition) is 2. The van der Waals surface area contributed by atoms with E-state index in [4.69, 9.17) is 6.57 Å². The first-order valence-corrected chi connectivity index (χ1v) is 3.72. The number of nitro benzene ring substituents is 1. The Morgan fingerprint density at radius 1 is 1.62 bits per heavy atom. The van der Waals surface area contributed by atoms with E-state index < -0.39 is 4.92 Å². The van der Waals surface area contributed by atoms with Gasteiger partial charge in [-0.1, -0.05) is 0 Å². The van der Waals surface area contributed by atoms with Crippen LogP contribution in [0.4, 0.5) is 5.69 Å². The summed E-state index contributed by atoms with van der Waals surface area (Å²) in [6.45, 7) is 8.59. The van der Waals surface area contributed by atoms with E-state index >= 15 is 0 Å². The third-order valence-electron chi connectivity index (χ3n) is 1.72. The maximum absolute atomic E-state index is 10.4. The predicted molar refractivity (Wildman–Crippen MR) is 48.1 cm³/mol. The molecule has 4 heteroatoms. The minimum Gasteiger partial charge on any atom is -0.312 e. The van der Waals surface area contributed by atoms with Crippen LogP contribution < -0.4 is 0 Å². The zero-order valence-corrected chi connectivity index (χ0v) is 7.15. The van der Waals surface area contributed by atoms with Crippen LogP contribution in [0.3, 0.4) is 0 Å². The molecule has 0 heterocycles. The van der Waals surface area contributed by atoms with Crippen LogP contribution in [0, 0.1) is 23.6 Å². The van der Waals surface area contributed by atoms with E-state index in [0.29, 0.717) is 5.56 Å². The van der Waals surface area contributed by atoms with Gasteiger partial charge in [0.25, 0.3) is 5.69 Å². The average molecular weight is 176 g/mol. The molecule has 0 bridgehead atoms. The minimum absolute atomic E-state index is 0.105. The Bertz CT molecular complexity index is 380. The van der Waals surface area contributed by atoms with Gasteiger partial charge in [0.2, 0.25) is 6.54 Å². The predicted octanol–water partition coefficient (Wildman–Crippen LogP) is 2.32. The van der Waals surface area contributed by atoms with E-state index in [1.807, 2.05) is 0 Å². The van der Waals surface area contributed by atoms with Gasteiger partial charge in [0, 0.05) is 17.2 Å². The van der Waals surface area contributed by atoms with Gasteiger partial charge in [0.15, 0.2) is 0 Å². The van der Waals surface area contributed by atoms with Gasteiger partial charge in [-0.05, 0) is 19.1 Å². The molecule has 1 aromatic carbocycles. The molecule has 1 aromatic rings. The summed E-state index contributed by atoms with van der Waals surface area (Å²) in [6, 6.07) is 4.73. The lowest BCUT2D eigenvalue weighted by Crippen LogP contribution is -1.92. The van der Waals surface area contributed by atoms with Gasteiger partial charge in [-0.25, -0.2) is 6.57 Å². The van der Waals surface area contributed by atoms with Gasteiger partial charge < -0.3 is 4.85 Å². The smallest absolute Gasteiger partial charge is 0.272 e. The van der Waals surface area contributed by atoms with Gasteiger partial charge in [0.1, 0.15) is 0 Å². The third kappa shape index (κ3) is 2.03. The summed E-state index contributed by atoms with van der Waals surface area (Å²) in [5.74, 6) is 0. The molecule has 13 heavy (non-hydrogen) atoms. The van der Waals surface area contributed by atoms with Crippen molar-refractivity contribution < 1.29 is 4.92 Å². The number of hydrogen-bond donors (Lipinski definition) is 0. The highest BCUT2D eigenvalue weighted by Gasteiger charge is 2.10. The molecule has 1 rings (SSSR count). The molecule has 0 unspecified atom stereocenters. The first kappa shape index (κ1) is 9.20. The zero-order chi connectivity index (χ0) is 9.84. The second-order valence-corrected chi connectivity index (χ2v) is 2.69. The third-order valence-corrected chi connectivity index (χ3v) is 1.72. The van der Waals surface area contributed by atoms with Gasteiger partial charge >= 0.3 is 0 Å². The summed E-state index contributed by atoms with van der Waals surface area (Å²) in [5, 5.41) is 10.4. The molecular weight excluding hydrogens is 168 g/mol. The lowest BCUT2D eigenvalue weighted by Gasteiger charge is -1.97. The SMILES string of the molecule is [C-]#[N+]Cc1ccc([N+](=O)[O-])c(C)c1. The van der Waals surface area contributed by atoms with Crippen molar-refractivity contribution in [1.82, 2.24) is 0 Å². The highest BCUT2D eigenvalue weighted by atomic mass is 16.6. The van der Waals surface area contributed by atoms with Crippen LogP contribution in [-0.4, -0.2) is 4.92 Å². The average Bonchev–Trinajstić information content (AvgIpc) is 2.04. The molecule has 0 saturated heterocycles. The Kier molecular flexibility index (Phi) is 2.60. The molecule has 0 aliphatic carbocycles. The summed E-state index contributed by atoms with van der Waals surface area (Å²) >= 11 is 0. The summed E-state index contributed by atoms with van der Waals surface area (Å²) in [6.07, 6.45) is 0. The van der Waals surface area contributed by atoms with Crippen molar-refractivity contribution in [2.24, 2.45) is 0 Å². The molecule has 0 amide bonds. The van der Waals surface area contributed by atoms with Crippen molar-refractivity contribution in [3.63, 3.8) is 0 Å². The molecule has 0 aliphatic rings. The Morgan fingerprint density at radius 3 is 2.77 bits per heavy atom. The lowest BCUT2D eigenvalue weighted by atomic mass is 10.1. The number of aryl methyl sites for hydroxylation is 1. The quantitative estimate of drug-likeness (QED) is 0.394. The second-order valence-electron chi connectivity index (χ2n) is 2.69. The van der Waals surface area contributed by atoms with Crippen LogP contribution >= 0.6 is 0 Å². The van der Waals surface area contributed by atoms with Crippen molar-refractivity contribution in [2.75, 3.05) is 0 Å². The van der Waals surface area contributed by atoms with Crippen molar-refractivity contribution >= 4 is 5.69 Å². The van der Waals surface area contributed by atoms with E-state index in [1.165, 1.54) is 6.07 Å². The molecule has 0 aliphatic heterocycles. The molecule has 0 atom stereocenters. The van der Waals surface area contributed by atoms with Gasteiger partial charge in [0.05, 0.1) is 4.92 Å². The normalized spacial score (nSPS) is 9.23. The zero-order valence-electron chi connectivity index (χ0n) is 7.15. The van der Waals surface area contributed by atoms with E-state index in [1.54, 1.807) is 19.1 Å². The van der Waals surface area contributed by atoms with Gasteiger partial charge in [-0.15, -0.1) is 0 Å². The van der Waals surface area contributed by atoms with Crippen molar-refractivity contribution in [1.29, 1.82) is 0 Å². The number of rotatable bonds is 2. The fourth-order valence-electron chi connectivity index (χ4n) is 1.11. The van der Waals surface area contributed by atoms with Crippen LogP contribution in [0.15, 0.2) is 18.2 Å². The van der Waals surface area contributed by atoms with Crippen LogP contribution in [0.5, 0.6) is 0 Å². The summed E-state index contributed by atoms with van der Waals surface area (Å²) in [4.78, 5) is 13.2. The van der Waals surface area contributed by atoms with E-state index in [2.05, 4.69) is 4.85 Å². The van der Waals surface area contributed by atoms with E-state index in [0.717, 1.165) is 5.56 Å². The summed E-state index contributed by atoms with van der Waals surface area (Å²) in [5.41, 5.74) is 1.53. The molecule has 0 fully saturated rings. The second kappa shape index (κ2) is 3.68. The van der Waals surface area contributed by atoms with E-state index in [-0.39, 0.29) is 12.2 Å². The largest absolute Gasteiger partial charge is 0.312 e. The monoisotopic (exact) mass is 176 g/mol. The Morgan fingerprint density at radius 2 is 2.31 bits per heavy atom. The van der Waals surface area contributed by atoms with E-state index in [9.17, 15) is 10.1 Å². The first-order chi connectivity index (χ1) is 6.15. The summed E-state index contributed by atoms with van der Waals surface area (Å²) < 4.78 is 0. The maximum Gasteiger partial charge on any atom is 0.272 e. The van der Waals surface area contributed by atoms with Gasteiger partial charge in [-0.2, -0.15) is 0 Å². The molecular formula is C9H8N2O2. The first-order valence-electron chi connectivity index (χ1n) is 3.72. The molecule has 4 nitrogen and oxygen atoms in total. The molecule has 0 saturated carbocycles. The highest BCUT2D eigenvalue weighted by molar-refractivity contribution is 5.41. The number of nitrogens with zero attached hydrogens (tertiary/aromatic N) is 2. The Labute approximate surface area is 75.8 Å². The standard InChI is InChI=1S/C9H8N2O2/c1-7-5-8(6-10-2)3-4-9(7)11(12)13/h3-5H,6H2,1H3. The number of nitro groups is 1. The molecule has 0 radical (unpaired) electrons. The van der Waals surface area contributed by atoms with Crippen molar-refractivity contribution in [3.05, 3.63) is 50.9 Å². The van der Waals surface area contributed by atoms with Crippen LogP contribution in [-0.2, 0) is 6.54 Å². The molecule has 0 N–H and O–H groups in total. The molecule has 0 aromatic heterocycles. The topological polar surface area (TPSA) is 47.5 Å². The molecule has 66 valence electrons. The van der Waals surface area contributed by atoms with Crippen molar-refractivity contribution in [3.8, 4) is 0 Å². The van der Waals surface area contributed by atoms with Crippen LogP contribution in [0.2, 0.25) is 0 Å². The number of benzene rings is 1. The minimum atomic E-state index is -0.420. The maximum atomic E-state index is 10.4. The van der Waals surface area contributed by atoms with Crippen LogP contribution in [0.1, 0.15) is 11.1 Å². The van der Waals surface area contributed by atoms with Gasteiger partial charge in [-0.3, -0.25) is 10.1 Å². The van der Waals surface area contributed by atoms with Crippen LogP contribution in [0.25, 0.3) is 4.85 Å². The Hall–Kier alpha value is -1.89. The fraction of sp³-hybridized carbons (Fsp3) is 0.222. The lowest BCUT2D eigenvalue weighted by molar-refractivity contribution is -0.385.